The van der Waals surface area contributed by atoms with Gasteiger partial charge in [0.05, 0.1) is 40.1 Å². The third-order valence-electron chi connectivity index (χ3n) is 8.59. The Kier molecular flexibility index (Phi) is 5.83. The topological polar surface area (TPSA) is 124 Å². The second-order valence-electron chi connectivity index (χ2n) is 10.9. The zero-order valence-electron chi connectivity index (χ0n) is 22.3. The summed E-state index contributed by atoms with van der Waals surface area (Å²) >= 11 is 0. The molecule has 196 valence electrons. The normalized spacial score (nSPS) is 21.1. The van der Waals surface area contributed by atoms with E-state index in [-0.39, 0.29) is 17.1 Å². The largest absolute Gasteiger partial charge is 0.261 e. The summed E-state index contributed by atoms with van der Waals surface area (Å²) in [6, 6.07) is 8.04. The fourth-order valence-corrected chi connectivity index (χ4v) is 7.02. The molecule has 0 aliphatic heterocycles. The standard InChI is InChI=1S/C28H28BN7O2S/c1-5-39(37,38)36-26-31-12-17(13-32-26)22-14-30-15-23(33-22)28-10-9-19(27(28,3)4)18-11-21(34-35-25(18)28)24-16(2)7-6-8-20(24)29/h6-8,11-15,19H,5,9-10H2,1-4H3,(H,31,32,36)/t19-,28?/m0/s1. The van der Waals surface area contributed by atoms with Crippen LogP contribution >= 0.6 is 0 Å². The first-order valence-corrected chi connectivity index (χ1v) is 14.6. The van der Waals surface area contributed by atoms with E-state index < -0.39 is 15.4 Å². The molecule has 1 unspecified atom stereocenters. The highest BCUT2D eigenvalue weighted by atomic mass is 32.2. The summed E-state index contributed by atoms with van der Waals surface area (Å²) < 4.78 is 26.1. The Bertz CT molecular complexity index is 1690. The van der Waals surface area contributed by atoms with E-state index in [0.29, 0.717) is 22.6 Å². The van der Waals surface area contributed by atoms with Crippen molar-refractivity contribution in [1.82, 2.24) is 30.1 Å². The number of fused-ring (bicyclic) bond motifs is 5. The number of nitrogens with one attached hydrogen (secondary N) is 1. The molecule has 1 fully saturated rings. The number of anilines is 1. The van der Waals surface area contributed by atoms with Crippen LogP contribution in [0, 0.1) is 12.3 Å². The number of benzene rings is 1. The number of rotatable bonds is 6. The first-order chi connectivity index (χ1) is 18.6. The van der Waals surface area contributed by atoms with Crippen LogP contribution in [-0.4, -0.2) is 52.2 Å². The number of sulfonamides is 1. The first kappa shape index (κ1) is 25.5. The van der Waals surface area contributed by atoms with E-state index >= 15 is 0 Å². The van der Waals surface area contributed by atoms with Crippen molar-refractivity contribution in [2.75, 3.05) is 10.5 Å². The zero-order chi connectivity index (χ0) is 27.6. The highest BCUT2D eigenvalue weighted by molar-refractivity contribution is 7.92. The lowest BCUT2D eigenvalue weighted by molar-refractivity contribution is 0.242. The Balaban J connectivity index is 1.41. The summed E-state index contributed by atoms with van der Waals surface area (Å²) in [7, 11) is 2.87. The van der Waals surface area contributed by atoms with Gasteiger partial charge in [-0.2, -0.15) is 10.2 Å². The molecule has 1 N–H and O–H groups in total. The average molecular weight is 537 g/mol. The second kappa shape index (κ2) is 8.91. The van der Waals surface area contributed by atoms with Crippen molar-refractivity contribution in [3.63, 3.8) is 0 Å². The fraction of sp³-hybridized carbons (Fsp3) is 0.357. The Labute approximate surface area is 229 Å². The highest BCUT2D eigenvalue weighted by Gasteiger charge is 2.65. The molecule has 3 aromatic heterocycles. The molecule has 1 aromatic carbocycles. The van der Waals surface area contributed by atoms with Crippen molar-refractivity contribution in [2.45, 2.75) is 51.9 Å². The second-order valence-corrected chi connectivity index (χ2v) is 12.9. The third kappa shape index (κ3) is 3.85. The molecule has 2 aliphatic carbocycles. The van der Waals surface area contributed by atoms with E-state index in [1.165, 1.54) is 5.56 Å². The van der Waals surface area contributed by atoms with Gasteiger partial charge in [-0.3, -0.25) is 9.71 Å². The van der Waals surface area contributed by atoms with Gasteiger partial charge in [0.25, 0.3) is 0 Å². The summed E-state index contributed by atoms with van der Waals surface area (Å²) in [5.41, 5.74) is 7.09. The predicted octanol–water partition coefficient (Wildman–Crippen LogP) is 3.46. The average Bonchev–Trinajstić information content (AvgIpc) is 3.30. The quantitative estimate of drug-likeness (QED) is 0.371. The number of nitrogens with zero attached hydrogens (tertiary/aromatic N) is 6. The SMILES string of the molecule is [B]c1cccc(C)c1-c1cc2c(nn1)C1(c3cncc(-c4cnc(NS(=O)(=O)CC)nc4)n3)CC[C@@H]2C1(C)C. The molecule has 11 heteroatoms. The molecule has 9 nitrogen and oxygen atoms in total. The van der Waals surface area contributed by atoms with Crippen LogP contribution in [0.5, 0.6) is 0 Å². The zero-order valence-corrected chi connectivity index (χ0v) is 23.1. The van der Waals surface area contributed by atoms with Crippen molar-refractivity contribution >= 4 is 29.3 Å². The van der Waals surface area contributed by atoms with E-state index in [1.54, 1.807) is 25.5 Å². The maximum atomic E-state index is 11.9. The first-order valence-electron chi connectivity index (χ1n) is 13.0. The lowest BCUT2D eigenvalue weighted by atomic mass is 9.66. The van der Waals surface area contributed by atoms with Gasteiger partial charge in [-0.1, -0.05) is 37.5 Å². The lowest BCUT2D eigenvalue weighted by Crippen LogP contribution is -2.38. The molecular formula is C28H28BN7O2S. The summed E-state index contributed by atoms with van der Waals surface area (Å²) in [6.07, 6.45) is 8.49. The molecule has 2 aliphatic rings. The predicted molar refractivity (Wildman–Crippen MR) is 150 cm³/mol. The summed E-state index contributed by atoms with van der Waals surface area (Å²) in [6.45, 7) is 8.14. The minimum Gasteiger partial charge on any atom is -0.261 e. The molecule has 6 rings (SSSR count). The van der Waals surface area contributed by atoms with Crippen molar-refractivity contribution in [3.05, 3.63) is 71.6 Å². The van der Waals surface area contributed by atoms with Crippen LogP contribution in [0.1, 0.15) is 62.0 Å². The molecule has 39 heavy (non-hydrogen) atoms. The Morgan fingerprint density at radius 1 is 1.08 bits per heavy atom. The number of aromatic nitrogens is 6. The van der Waals surface area contributed by atoms with Crippen molar-refractivity contribution < 1.29 is 8.42 Å². The van der Waals surface area contributed by atoms with Crippen LogP contribution in [-0.2, 0) is 15.4 Å². The minimum atomic E-state index is -3.46. The maximum Gasteiger partial charge on any atom is 0.236 e. The molecule has 3 heterocycles. The van der Waals surface area contributed by atoms with Gasteiger partial charge in [-0.15, -0.1) is 0 Å². The Morgan fingerprint density at radius 3 is 2.56 bits per heavy atom. The van der Waals surface area contributed by atoms with Gasteiger partial charge in [0, 0.05) is 24.2 Å². The van der Waals surface area contributed by atoms with Crippen molar-refractivity contribution in [3.8, 4) is 22.5 Å². The monoisotopic (exact) mass is 537 g/mol. The van der Waals surface area contributed by atoms with Gasteiger partial charge in [0.2, 0.25) is 16.0 Å². The molecule has 1 saturated carbocycles. The van der Waals surface area contributed by atoms with Crippen molar-refractivity contribution in [1.29, 1.82) is 0 Å². The van der Waals surface area contributed by atoms with Gasteiger partial charge in [-0.25, -0.2) is 23.4 Å². The van der Waals surface area contributed by atoms with Gasteiger partial charge in [-0.05, 0) is 60.8 Å². The molecule has 0 saturated heterocycles. The molecular weight excluding hydrogens is 509 g/mol. The maximum absolute atomic E-state index is 11.9. The van der Waals surface area contributed by atoms with Gasteiger partial charge in [0.15, 0.2) is 0 Å². The van der Waals surface area contributed by atoms with Crippen LogP contribution in [0.25, 0.3) is 22.5 Å². The fourth-order valence-electron chi connectivity index (χ4n) is 6.49. The molecule has 0 spiro atoms. The lowest BCUT2D eigenvalue weighted by Gasteiger charge is -2.37. The van der Waals surface area contributed by atoms with Crippen LogP contribution in [0.2, 0.25) is 0 Å². The molecule has 0 amide bonds. The summed E-state index contributed by atoms with van der Waals surface area (Å²) in [4.78, 5) is 17.9. The van der Waals surface area contributed by atoms with E-state index in [2.05, 4.69) is 44.7 Å². The van der Waals surface area contributed by atoms with Gasteiger partial charge >= 0.3 is 0 Å². The smallest absolute Gasteiger partial charge is 0.236 e. The third-order valence-corrected chi connectivity index (χ3v) is 9.84. The molecule has 2 atom stereocenters. The summed E-state index contributed by atoms with van der Waals surface area (Å²) in [5, 5.41) is 9.51. The van der Waals surface area contributed by atoms with E-state index in [1.807, 2.05) is 31.3 Å². The number of hydrogen-bond donors (Lipinski definition) is 1. The van der Waals surface area contributed by atoms with Crippen LogP contribution in [0.15, 0.2) is 49.1 Å². The van der Waals surface area contributed by atoms with E-state index in [0.717, 1.165) is 41.1 Å². The summed E-state index contributed by atoms with van der Waals surface area (Å²) in [5.74, 6) is 0.258. The Morgan fingerprint density at radius 2 is 1.85 bits per heavy atom. The number of hydrogen-bond acceptors (Lipinski definition) is 8. The molecule has 2 radical (unpaired) electrons. The van der Waals surface area contributed by atoms with E-state index in [9.17, 15) is 8.42 Å². The molecule has 4 aromatic rings. The highest BCUT2D eigenvalue weighted by Crippen LogP contribution is 2.69. The van der Waals surface area contributed by atoms with Crippen LogP contribution < -0.4 is 10.2 Å². The van der Waals surface area contributed by atoms with Crippen LogP contribution in [0.4, 0.5) is 5.95 Å². The van der Waals surface area contributed by atoms with Gasteiger partial charge < -0.3 is 0 Å². The van der Waals surface area contributed by atoms with E-state index in [4.69, 9.17) is 17.9 Å². The Hall–Kier alpha value is -3.73. The number of aryl methyl sites for hydroxylation is 1. The molecule has 2 bridgehead atoms. The van der Waals surface area contributed by atoms with Gasteiger partial charge in [0.1, 0.15) is 7.85 Å². The minimum absolute atomic E-state index is 0.0214. The van der Waals surface area contributed by atoms with Crippen LogP contribution in [0.3, 0.4) is 0 Å². The van der Waals surface area contributed by atoms with Crippen molar-refractivity contribution in [2.24, 2.45) is 5.41 Å².